The first-order chi connectivity index (χ1) is 13.2. The average Bonchev–Trinajstić information content (AvgIpc) is 3.18. The third kappa shape index (κ3) is 3.90. The molecule has 0 atom stereocenters. The van der Waals surface area contributed by atoms with Crippen molar-refractivity contribution >= 4 is 0 Å². The molecule has 1 aromatic heterocycles. The number of hydrogen-bond acceptors (Lipinski definition) is 4. The number of rotatable bonds is 5. The summed E-state index contributed by atoms with van der Waals surface area (Å²) in [6.45, 7) is 4.68. The number of nitrogens with zero attached hydrogens (tertiary/aromatic N) is 2. The van der Waals surface area contributed by atoms with Crippen molar-refractivity contribution in [1.82, 2.24) is 10.1 Å². The number of hydrogen-bond donors (Lipinski definition) is 0. The Morgan fingerprint density at radius 3 is 2.26 bits per heavy atom. The second-order valence-electron chi connectivity index (χ2n) is 6.53. The van der Waals surface area contributed by atoms with Crippen LogP contribution >= 0.6 is 0 Å². The van der Waals surface area contributed by atoms with Gasteiger partial charge in [0.25, 0.3) is 5.89 Å². The molecule has 1 heterocycles. The Morgan fingerprint density at radius 2 is 1.52 bits per heavy atom. The molecule has 134 valence electrons. The number of aromatic nitrogens is 2. The molecule has 27 heavy (non-hydrogen) atoms. The lowest BCUT2D eigenvalue weighted by atomic mass is 10.1. The Kier molecular flexibility index (Phi) is 4.71. The molecule has 0 unspecified atom stereocenters. The summed E-state index contributed by atoms with van der Waals surface area (Å²) in [5.41, 5.74) is 5.41. The first-order valence-electron chi connectivity index (χ1n) is 8.87. The summed E-state index contributed by atoms with van der Waals surface area (Å²) >= 11 is 0. The summed E-state index contributed by atoms with van der Waals surface area (Å²) in [6.07, 6.45) is 0. The van der Waals surface area contributed by atoms with Crippen molar-refractivity contribution < 1.29 is 9.26 Å². The Bertz CT molecular complexity index is 1030. The molecule has 0 aliphatic heterocycles. The highest BCUT2D eigenvalue weighted by Crippen LogP contribution is 2.24. The van der Waals surface area contributed by atoms with Crippen molar-refractivity contribution in [3.8, 4) is 28.6 Å². The molecular weight excluding hydrogens is 336 g/mol. The standard InChI is InChI=1S/C23H20N2O2/c1-16-7-9-19(10-8-16)23-24-22(25-27-23)18-11-13-21(14-12-18)26-15-20-6-4-3-5-17(20)2/h3-14H,15H2,1-2H3. The fourth-order valence-electron chi connectivity index (χ4n) is 2.79. The van der Waals surface area contributed by atoms with Crippen LogP contribution in [0.4, 0.5) is 0 Å². The Morgan fingerprint density at radius 1 is 0.815 bits per heavy atom. The molecule has 4 nitrogen and oxygen atoms in total. The van der Waals surface area contributed by atoms with E-state index in [1.807, 2.05) is 67.6 Å². The van der Waals surface area contributed by atoms with Crippen molar-refractivity contribution in [2.24, 2.45) is 0 Å². The molecule has 0 aliphatic carbocycles. The van der Waals surface area contributed by atoms with Crippen LogP contribution in [0.2, 0.25) is 0 Å². The van der Waals surface area contributed by atoms with E-state index in [0.717, 1.165) is 16.9 Å². The first kappa shape index (κ1) is 17.0. The van der Waals surface area contributed by atoms with Crippen molar-refractivity contribution in [3.05, 3.63) is 89.5 Å². The fourth-order valence-corrected chi connectivity index (χ4v) is 2.79. The van der Waals surface area contributed by atoms with Gasteiger partial charge >= 0.3 is 0 Å². The lowest BCUT2D eigenvalue weighted by Gasteiger charge is -2.08. The topological polar surface area (TPSA) is 48.2 Å². The zero-order valence-corrected chi connectivity index (χ0v) is 15.3. The Hall–Kier alpha value is -3.40. The van der Waals surface area contributed by atoms with Gasteiger partial charge in [0.2, 0.25) is 5.82 Å². The second-order valence-corrected chi connectivity index (χ2v) is 6.53. The molecule has 0 radical (unpaired) electrons. The smallest absolute Gasteiger partial charge is 0.258 e. The SMILES string of the molecule is Cc1ccc(-c2nc(-c3ccc(OCc4ccccc4C)cc3)no2)cc1. The van der Waals surface area contributed by atoms with Gasteiger partial charge in [0.1, 0.15) is 12.4 Å². The van der Waals surface area contributed by atoms with Gasteiger partial charge in [0, 0.05) is 11.1 Å². The van der Waals surface area contributed by atoms with Gasteiger partial charge in [-0.2, -0.15) is 4.98 Å². The normalized spacial score (nSPS) is 10.7. The second kappa shape index (κ2) is 7.46. The molecule has 0 saturated carbocycles. The number of benzene rings is 3. The summed E-state index contributed by atoms with van der Waals surface area (Å²) < 4.78 is 11.3. The minimum absolute atomic E-state index is 0.518. The highest BCUT2D eigenvalue weighted by atomic mass is 16.5. The zero-order chi connectivity index (χ0) is 18.6. The maximum Gasteiger partial charge on any atom is 0.258 e. The molecule has 4 aromatic rings. The van der Waals surface area contributed by atoms with Gasteiger partial charge in [-0.3, -0.25) is 0 Å². The van der Waals surface area contributed by atoms with Gasteiger partial charge in [0.05, 0.1) is 0 Å². The van der Waals surface area contributed by atoms with Crippen LogP contribution in [0.3, 0.4) is 0 Å². The Labute approximate surface area is 158 Å². The van der Waals surface area contributed by atoms with Gasteiger partial charge in [-0.1, -0.05) is 47.1 Å². The van der Waals surface area contributed by atoms with Crippen LogP contribution in [0.25, 0.3) is 22.8 Å². The molecule has 0 fully saturated rings. The summed E-state index contributed by atoms with van der Waals surface area (Å²) in [4.78, 5) is 4.50. The number of aryl methyl sites for hydroxylation is 2. The maximum absolute atomic E-state index is 5.89. The molecule has 0 spiro atoms. The fraction of sp³-hybridized carbons (Fsp3) is 0.130. The van der Waals surface area contributed by atoms with E-state index in [1.165, 1.54) is 16.7 Å². The largest absolute Gasteiger partial charge is 0.489 e. The van der Waals surface area contributed by atoms with Crippen LogP contribution in [0.1, 0.15) is 16.7 Å². The molecule has 0 saturated heterocycles. The van der Waals surface area contributed by atoms with Crippen LogP contribution in [-0.2, 0) is 6.61 Å². The van der Waals surface area contributed by atoms with Gasteiger partial charge in [-0.15, -0.1) is 0 Å². The van der Waals surface area contributed by atoms with E-state index in [4.69, 9.17) is 9.26 Å². The van der Waals surface area contributed by atoms with Crippen LogP contribution in [-0.4, -0.2) is 10.1 Å². The van der Waals surface area contributed by atoms with Gasteiger partial charge in [-0.05, 0) is 61.4 Å². The summed E-state index contributed by atoms with van der Waals surface area (Å²) in [6, 6.07) is 24.0. The molecule has 0 N–H and O–H groups in total. The molecule has 0 bridgehead atoms. The summed E-state index contributed by atoms with van der Waals surface area (Å²) in [5, 5.41) is 4.09. The summed E-state index contributed by atoms with van der Waals surface area (Å²) in [7, 11) is 0. The van der Waals surface area contributed by atoms with Crippen molar-refractivity contribution in [3.63, 3.8) is 0 Å². The van der Waals surface area contributed by atoms with E-state index in [9.17, 15) is 0 Å². The van der Waals surface area contributed by atoms with E-state index >= 15 is 0 Å². The molecule has 0 amide bonds. The highest BCUT2D eigenvalue weighted by Gasteiger charge is 2.10. The zero-order valence-electron chi connectivity index (χ0n) is 15.3. The maximum atomic E-state index is 5.89. The molecule has 4 rings (SSSR count). The van der Waals surface area contributed by atoms with E-state index in [0.29, 0.717) is 18.3 Å². The van der Waals surface area contributed by atoms with E-state index in [-0.39, 0.29) is 0 Å². The van der Waals surface area contributed by atoms with Gasteiger partial charge in [-0.25, -0.2) is 0 Å². The predicted molar refractivity (Wildman–Crippen MR) is 105 cm³/mol. The van der Waals surface area contributed by atoms with E-state index in [1.54, 1.807) is 0 Å². The number of ether oxygens (including phenoxy) is 1. The van der Waals surface area contributed by atoms with Crippen LogP contribution in [0, 0.1) is 13.8 Å². The van der Waals surface area contributed by atoms with Crippen LogP contribution < -0.4 is 4.74 Å². The average molecular weight is 356 g/mol. The van der Waals surface area contributed by atoms with Crippen molar-refractivity contribution in [1.29, 1.82) is 0 Å². The van der Waals surface area contributed by atoms with Crippen LogP contribution in [0.5, 0.6) is 5.75 Å². The molecular formula is C23H20N2O2. The quantitative estimate of drug-likeness (QED) is 0.467. The predicted octanol–water partition coefficient (Wildman–Crippen LogP) is 5.60. The van der Waals surface area contributed by atoms with Crippen molar-refractivity contribution in [2.75, 3.05) is 0 Å². The summed E-state index contributed by atoms with van der Waals surface area (Å²) in [5.74, 6) is 1.89. The minimum Gasteiger partial charge on any atom is -0.489 e. The molecule has 0 aliphatic rings. The molecule has 3 aromatic carbocycles. The Balaban J connectivity index is 1.46. The van der Waals surface area contributed by atoms with Crippen molar-refractivity contribution in [2.45, 2.75) is 20.5 Å². The highest BCUT2D eigenvalue weighted by molar-refractivity contribution is 5.60. The lowest BCUT2D eigenvalue weighted by Crippen LogP contribution is -1.97. The third-order valence-electron chi connectivity index (χ3n) is 4.49. The van der Waals surface area contributed by atoms with Gasteiger partial charge < -0.3 is 9.26 Å². The van der Waals surface area contributed by atoms with Gasteiger partial charge in [0.15, 0.2) is 0 Å². The minimum atomic E-state index is 0.518. The molecule has 4 heteroatoms. The monoisotopic (exact) mass is 356 g/mol. The third-order valence-corrected chi connectivity index (χ3v) is 4.49. The lowest BCUT2D eigenvalue weighted by molar-refractivity contribution is 0.305. The van der Waals surface area contributed by atoms with Crippen LogP contribution in [0.15, 0.2) is 77.3 Å². The van der Waals surface area contributed by atoms with E-state index < -0.39 is 0 Å². The van der Waals surface area contributed by atoms with E-state index in [2.05, 4.69) is 29.2 Å². The first-order valence-corrected chi connectivity index (χ1v) is 8.87.